The average molecular weight is 664 g/mol. The van der Waals surface area contributed by atoms with Crippen LogP contribution in [0, 0.1) is 11.8 Å². The third-order valence-corrected chi connectivity index (χ3v) is 9.11. The first-order valence-corrected chi connectivity index (χ1v) is 16.2. The van der Waals surface area contributed by atoms with Gasteiger partial charge in [0.1, 0.15) is 17.0 Å². The van der Waals surface area contributed by atoms with E-state index in [9.17, 15) is 14.4 Å². The zero-order chi connectivity index (χ0) is 31.1. The predicted molar refractivity (Wildman–Crippen MR) is 169 cm³/mol. The van der Waals surface area contributed by atoms with Gasteiger partial charge in [0.05, 0.1) is 11.6 Å². The molecule has 0 bridgehead atoms. The minimum absolute atomic E-state index is 0.0875. The highest BCUT2D eigenvalue weighted by atomic mass is 79.9. The van der Waals surface area contributed by atoms with Gasteiger partial charge in [-0.1, -0.05) is 6.08 Å². The number of amides is 3. The van der Waals surface area contributed by atoms with E-state index >= 15 is 0 Å². The molecule has 3 aliphatic rings. The van der Waals surface area contributed by atoms with Crippen LogP contribution in [0.2, 0.25) is 0 Å². The molecule has 11 nitrogen and oxygen atoms in total. The summed E-state index contributed by atoms with van der Waals surface area (Å²) >= 11 is 3.34. The van der Waals surface area contributed by atoms with Crippen molar-refractivity contribution in [3.8, 4) is 5.88 Å². The molecule has 12 heteroatoms. The molecular weight excluding hydrogens is 616 g/mol. The molecule has 3 fully saturated rings. The number of nitrogens with zero attached hydrogens (tertiary/aromatic N) is 4. The minimum Gasteiger partial charge on any atom is -0.480 e. The summed E-state index contributed by atoms with van der Waals surface area (Å²) in [7, 11) is 1.48. The number of hydrogen-bond donors (Lipinski definition) is 2. The quantitative estimate of drug-likeness (QED) is 0.418. The number of hydrogen-bond acceptors (Lipinski definition) is 8. The Kier molecular flexibility index (Phi) is 11.3. The summed E-state index contributed by atoms with van der Waals surface area (Å²) in [4.78, 5) is 48.4. The van der Waals surface area contributed by atoms with E-state index in [4.69, 9.17) is 15.2 Å². The van der Waals surface area contributed by atoms with E-state index in [0.717, 1.165) is 71.2 Å². The van der Waals surface area contributed by atoms with Crippen molar-refractivity contribution in [2.75, 3.05) is 58.7 Å². The zero-order valence-electron chi connectivity index (χ0n) is 25.9. The number of rotatable bonds is 7. The summed E-state index contributed by atoms with van der Waals surface area (Å²) in [6.45, 7) is 11.4. The molecule has 1 aromatic heterocycles. The number of aromatic nitrogens is 1. The molecule has 1 aromatic rings. The van der Waals surface area contributed by atoms with Crippen LogP contribution in [0.15, 0.2) is 22.7 Å². The van der Waals surface area contributed by atoms with E-state index in [1.54, 1.807) is 17.0 Å². The number of piperidine rings is 3. The van der Waals surface area contributed by atoms with Gasteiger partial charge in [0.15, 0.2) is 0 Å². The van der Waals surface area contributed by atoms with Crippen LogP contribution in [-0.4, -0.2) is 102 Å². The Morgan fingerprint density at radius 1 is 1.02 bits per heavy atom. The number of anilines is 1. The van der Waals surface area contributed by atoms with Gasteiger partial charge in [-0.05, 0) is 99.2 Å². The lowest BCUT2D eigenvalue weighted by atomic mass is 9.94. The van der Waals surface area contributed by atoms with E-state index in [-0.39, 0.29) is 35.6 Å². The molecule has 4 rings (SSSR count). The Morgan fingerprint density at radius 2 is 1.65 bits per heavy atom. The van der Waals surface area contributed by atoms with E-state index in [0.29, 0.717) is 35.0 Å². The Hall–Kier alpha value is -2.86. The molecule has 0 aromatic carbocycles. The minimum atomic E-state index is -0.491. The first-order chi connectivity index (χ1) is 20.4. The van der Waals surface area contributed by atoms with Crippen molar-refractivity contribution in [3.63, 3.8) is 0 Å². The molecule has 0 spiro atoms. The molecule has 0 aliphatic carbocycles. The molecule has 0 atom stereocenters. The highest BCUT2D eigenvalue weighted by Gasteiger charge is 2.29. The topological polar surface area (TPSA) is 130 Å². The van der Waals surface area contributed by atoms with Gasteiger partial charge in [-0.3, -0.25) is 9.59 Å². The standard InChI is InChI=1S/C31H47BrN6O5/c1-31(2,3)43-30(41)38-17-7-21(8-18-38)5-6-26(39)37-15-9-22(10-16-37)20-36-13-11-23(12-14-36)34-28(40)24-19-25(32)27(33)35-29(24)42-4/h5-6,19,21-23H,7-18,20H2,1-4H3,(H2,33,35)(H,34,40). The second-order valence-electron chi connectivity index (χ2n) is 12.9. The second-order valence-corrected chi connectivity index (χ2v) is 13.7. The van der Waals surface area contributed by atoms with Gasteiger partial charge in [0, 0.05) is 51.9 Å². The number of nitrogen functional groups attached to an aromatic ring is 1. The van der Waals surface area contributed by atoms with Gasteiger partial charge in [-0.2, -0.15) is 4.98 Å². The highest BCUT2D eigenvalue weighted by molar-refractivity contribution is 9.10. The maximum absolute atomic E-state index is 12.9. The molecule has 3 saturated heterocycles. The fourth-order valence-corrected chi connectivity index (χ4v) is 6.27. The predicted octanol–water partition coefficient (Wildman–Crippen LogP) is 4.07. The zero-order valence-corrected chi connectivity index (χ0v) is 27.5. The number of carbonyl (C=O) groups is 3. The molecular formula is C31H47BrN6O5. The number of pyridine rings is 1. The number of methoxy groups -OCH3 is 1. The van der Waals surface area contributed by atoms with Crippen LogP contribution >= 0.6 is 15.9 Å². The average Bonchev–Trinajstić information content (AvgIpc) is 2.97. The number of ether oxygens (including phenoxy) is 2. The van der Waals surface area contributed by atoms with E-state index in [1.165, 1.54) is 7.11 Å². The molecule has 0 unspecified atom stereocenters. The summed E-state index contributed by atoms with van der Waals surface area (Å²) in [6.07, 6.45) is 8.97. The molecule has 238 valence electrons. The number of nitrogens with two attached hydrogens (primary N) is 1. The number of carbonyl (C=O) groups excluding carboxylic acids is 3. The summed E-state index contributed by atoms with van der Waals surface area (Å²) < 4.78 is 11.3. The van der Waals surface area contributed by atoms with E-state index < -0.39 is 5.60 Å². The first kappa shape index (κ1) is 33.0. The smallest absolute Gasteiger partial charge is 0.410 e. The third-order valence-electron chi connectivity index (χ3n) is 8.47. The van der Waals surface area contributed by atoms with Crippen molar-refractivity contribution in [2.24, 2.45) is 11.8 Å². The lowest BCUT2D eigenvalue weighted by Crippen LogP contribution is -2.47. The number of allylic oxidation sites excluding steroid dienone is 1. The lowest BCUT2D eigenvalue weighted by Gasteiger charge is -2.37. The number of nitrogens with one attached hydrogen (secondary N) is 1. The normalized spacial score (nSPS) is 19.9. The summed E-state index contributed by atoms with van der Waals surface area (Å²) in [6, 6.07) is 1.75. The van der Waals surface area contributed by atoms with Crippen molar-refractivity contribution < 1.29 is 23.9 Å². The van der Waals surface area contributed by atoms with Crippen LogP contribution in [0.5, 0.6) is 5.88 Å². The molecule has 3 amide bonds. The van der Waals surface area contributed by atoms with Gasteiger partial charge < -0.3 is 35.2 Å². The van der Waals surface area contributed by atoms with Crippen LogP contribution in [0.25, 0.3) is 0 Å². The molecule has 0 radical (unpaired) electrons. The fraction of sp³-hybridized carbons (Fsp3) is 0.677. The van der Waals surface area contributed by atoms with Crippen molar-refractivity contribution >= 4 is 39.7 Å². The summed E-state index contributed by atoms with van der Waals surface area (Å²) in [5, 5.41) is 3.13. The molecule has 4 heterocycles. The molecule has 3 N–H and O–H groups in total. The number of likely N-dealkylation sites (tertiary alicyclic amines) is 3. The van der Waals surface area contributed by atoms with Gasteiger partial charge >= 0.3 is 6.09 Å². The monoisotopic (exact) mass is 662 g/mol. The molecule has 0 saturated carbocycles. The maximum atomic E-state index is 12.9. The highest BCUT2D eigenvalue weighted by Crippen LogP contribution is 2.27. The van der Waals surface area contributed by atoms with Gasteiger partial charge in [0.25, 0.3) is 5.91 Å². The van der Waals surface area contributed by atoms with E-state index in [2.05, 4.69) is 31.1 Å². The molecule has 3 aliphatic heterocycles. The van der Waals surface area contributed by atoms with Crippen molar-refractivity contribution in [1.82, 2.24) is 25.0 Å². The Balaban J connectivity index is 1.13. The third kappa shape index (κ3) is 9.56. The van der Waals surface area contributed by atoms with Crippen LogP contribution < -0.4 is 15.8 Å². The van der Waals surface area contributed by atoms with Crippen LogP contribution in [-0.2, 0) is 9.53 Å². The number of halogens is 1. The van der Waals surface area contributed by atoms with Crippen LogP contribution in [0.3, 0.4) is 0 Å². The molecule has 43 heavy (non-hydrogen) atoms. The first-order valence-electron chi connectivity index (χ1n) is 15.4. The van der Waals surface area contributed by atoms with Gasteiger partial charge in [0.2, 0.25) is 11.8 Å². The summed E-state index contributed by atoms with van der Waals surface area (Å²) in [5.74, 6) is 1.25. The van der Waals surface area contributed by atoms with Gasteiger partial charge in [-0.25, -0.2) is 4.79 Å². The fourth-order valence-electron chi connectivity index (χ4n) is 5.95. The van der Waals surface area contributed by atoms with Crippen LogP contribution in [0.1, 0.15) is 69.7 Å². The van der Waals surface area contributed by atoms with Crippen LogP contribution in [0.4, 0.5) is 10.6 Å². The Bertz CT molecular complexity index is 1160. The largest absolute Gasteiger partial charge is 0.480 e. The van der Waals surface area contributed by atoms with Crippen molar-refractivity contribution in [1.29, 1.82) is 0 Å². The van der Waals surface area contributed by atoms with E-state index in [1.807, 2.05) is 31.7 Å². The Labute approximate surface area is 263 Å². The summed E-state index contributed by atoms with van der Waals surface area (Å²) in [5.41, 5.74) is 5.69. The maximum Gasteiger partial charge on any atom is 0.410 e. The lowest BCUT2D eigenvalue weighted by molar-refractivity contribution is -0.127. The van der Waals surface area contributed by atoms with Crippen molar-refractivity contribution in [3.05, 3.63) is 28.3 Å². The van der Waals surface area contributed by atoms with Gasteiger partial charge in [-0.15, -0.1) is 0 Å². The van der Waals surface area contributed by atoms with Crippen molar-refractivity contribution in [2.45, 2.75) is 70.9 Å². The second kappa shape index (κ2) is 14.7. The Morgan fingerprint density at radius 3 is 2.26 bits per heavy atom. The SMILES string of the molecule is COc1nc(N)c(Br)cc1C(=O)NC1CCN(CC2CCN(C(=O)C=CC3CCN(C(=O)OC(C)(C)C)CC3)CC2)CC1.